The number of H-pyrrole nitrogens is 2. The van der Waals surface area contributed by atoms with Gasteiger partial charge in [0.2, 0.25) is 0 Å². The van der Waals surface area contributed by atoms with E-state index in [1.54, 1.807) is 29.3 Å². The van der Waals surface area contributed by atoms with Gasteiger partial charge in [0.25, 0.3) is 11.5 Å². The first-order valence-corrected chi connectivity index (χ1v) is 8.91. The third-order valence-electron chi connectivity index (χ3n) is 4.71. The molecule has 0 spiro atoms. The maximum Gasteiger partial charge on any atom is 0.274 e. The van der Waals surface area contributed by atoms with E-state index < -0.39 is 0 Å². The van der Waals surface area contributed by atoms with E-state index in [1.165, 1.54) is 0 Å². The first-order valence-electron chi connectivity index (χ1n) is 8.91. The second-order valence-electron chi connectivity index (χ2n) is 6.89. The summed E-state index contributed by atoms with van der Waals surface area (Å²) >= 11 is 0. The van der Waals surface area contributed by atoms with Gasteiger partial charge in [-0.2, -0.15) is 5.10 Å². The van der Waals surface area contributed by atoms with Crippen molar-refractivity contribution in [2.75, 3.05) is 6.54 Å². The minimum Gasteiger partial charge on any atom is -0.331 e. The Morgan fingerprint density at radius 3 is 2.85 bits per heavy atom. The number of fused-ring (bicyclic) bond motifs is 1. The predicted molar refractivity (Wildman–Crippen MR) is 99.2 cm³/mol. The van der Waals surface area contributed by atoms with Gasteiger partial charge in [-0.1, -0.05) is 19.9 Å². The summed E-state index contributed by atoms with van der Waals surface area (Å²) in [6.07, 6.45) is 2.11. The fraction of sp³-hybridized carbons (Fsp3) is 0.316. The highest BCUT2D eigenvalue weighted by Gasteiger charge is 2.27. The minimum atomic E-state index is -0.172. The van der Waals surface area contributed by atoms with Crippen molar-refractivity contribution in [3.05, 3.63) is 63.5 Å². The van der Waals surface area contributed by atoms with Crippen molar-refractivity contribution in [3.8, 4) is 11.5 Å². The molecule has 0 saturated heterocycles. The maximum atomic E-state index is 12.8. The van der Waals surface area contributed by atoms with Gasteiger partial charge >= 0.3 is 0 Å². The van der Waals surface area contributed by atoms with Crippen molar-refractivity contribution < 1.29 is 4.79 Å². The monoisotopic (exact) mass is 364 g/mol. The van der Waals surface area contributed by atoms with Crippen LogP contribution >= 0.6 is 0 Å². The number of rotatable bonds is 3. The number of hydrogen-bond acceptors (Lipinski definition) is 5. The van der Waals surface area contributed by atoms with E-state index in [0.29, 0.717) is 41.4 Å². The highest BCUT2D eigenvalue weighted by atomic mass is 16.2. The van der Waals surface area contributed by atoms with Gasteiger partial charge in [0.05, 0.1) is 12.2 Å². The van der Waals surface area contributed by atoms with E-state index in [0.717, 1.165) is 5.69 Å². The second-order valence-corrected chi connectivity index (χ2v) is 6.89. The van der Waals surface area contributed by atoms with Gasteiger partial charge in [0.15, 0.2) is 5.82 Å². The Hall–Kier alpha value is -3.29. The molecule has 0 fully saturated rings. The number of amides is 1. The van der Waals surface area contributed by atoms with Gasteiger partial charge in [0, 0.05) is 24.0 Å². The Balaban J connectivity index is 1.63. The molecule has 4 heterocycles. The Morgan fingerprint density at radius 1 is 1.30 bits per heavy atom. The molecule has 0 aliphatic carbocycles. The molecule has 0 unspecified atom stereocenters. The number of nitrogens with one attached hydrogen (secondary N) is 2. The third kappa shape index (κ3) is 3.25. The number of aromatic nitrogens is 5. The largest absolute Gasteiger partial charge is 0.331 e. The lowest BCUT2D eigenvalue weighted by molar-refractivity contribution is 0.0725. The summed E-state index contributed by atoms with van der Waals surface area (Å²) in [5.74, 6) is 0.517. The topological polar surface area (TPSA) is 108 Å². The van der Waals surface area contributed by atoms with Crippen molar-refractivity contribution in [2.24, 2.45) is 0 Å². The summed E-state index contributed by atoms with van der Waals surface area (Å²) in [5.41, 5.74) is 2.96. The van der Waals surface area contributed by atoms with Crippen molar-refractivity contribution in [3.63, 3.8) is 0 Å². The van der Waals surface area contributed by atoms with Crippen LogP contribution < -0.4 is 5.56 Å². The molecule has 4 rings (SSSR count). The molecule has 0 bridgehead atoms. The molecule has 138 valence electrons. The minimum absolute atomic E-state index is 0.162. The number of carbonyl (C=O) groups is 1. The van der Waals surface area contributed by atoms with Crippen LogP contribution in [-0.4, -0.2) is 42.5 Å². The van der Waals surface area contributed by atoms with Crippen LogP contribution in [-0.2, 0) is 13.0 Å². The highest BCUT2D eigenvalue weighted by Crippen LogP contribution is 2.20. The van der Waals surface area contributed by atoms with Crippen LogP contribution in [0.15, 0.2) is 35.3 Å². The fourth-order valence-corrected chi connectivity index (χ4v) is 3.14. The van der Waals surface area contributed by atoms with Crippen LogP contribution in [0.1, 0.15) is 47.2 Å². The van der Waals surface area contributed by atoms with Crippen LogP contribution in [0.2, 0.25) is 0 Å². The molecule has 8 nitrogen and oxygen atoms in total. The summed E-state index contributed by atoms with van der Waals surface area (Å²) in [6.45, 7) is 4.81. The fourth-order valence-electron chi connectivity index (χ4n) is 3.14. The lowest BCUT2D eigenvalue weighted by Gasteiger charge is -2.27. The van der Waals surface area contributed by atoms with E-state index in [-0.39, 0.29) is 23.9 Å². The van der Waals surface area contributed by atoms with Gasteiger partial charge < -0.3 is 9.88 Å². The first kappa shape index (κ1) is 17.1. The van der Waals surface area contributed by atoms with Gasteiger partial charge in [-0.15, -0.1) is 0 Å². The summed E-state index contributed by atoms with van der Waals surface area (Å²) in [7, 11) is 0. The van der Waals surface area contributed by atoms with Crippen molar-refractivity contribution in [1.82, 2.24) is 30.0 Å². The number of hydrogen-bond donors (Lipinski definition) is 2. The van der Waals surface area contributed by atoms with E-state index >= 15 is 0 Å². The zero-order chi connectivity index (χ0) is 19.0. The Kier molecular flexibility index (Phi) is 4.31. The van der Waals surface area contributed by atoms with Crippen molar-refractivity contribution >= 4 is 5.91 Å². The van der Waals surface area contributed by atoms with Gasteiger partial charge in [-0.3, -0.25) is 19.7 Å². The quantitative estimate of drug-likeness (QED) is 0.738. The van der Waals surface area contributed by atoms with E-state index in [9.17, 15) is 9.59 Å². The zero-order valence-electron chi connectivity index (χ0n) is 15.2. The maximum absolute atomic E-state index is 12.8. The summed E-state index contributed by atoms with van der Waals surface area (Å²) < 4.78 is 0. The lowest BCUT2D eigenvalue weighted by atomic mass is 10.1. The van der Waals surface area contributed by atoms with Crippen molar-refractivity contribution in [2.45, 2.75) is 32.7 Å². The van der Waals surface area contributed by atoms with E-state index in [2.05, 4.69) is 25.1 Å². The smallest absolute Gasteiger partial charge is 0.274 e. The molecule has 1 aliphatic rings. The Bertz CT molecular complexity index is 1040. The molecule has 0 aromatic carbocycles. The predicted octanol–water partition coefficient (Wildman–Crippen LogP) is 1.88. The Morgan fingerprint density at radius 2 is 2.15 bits per heavy atom. The van der Waals surface area contributed by atoms with Gasteiger partial charge in [-0.25, -0.2) is 4.98 Å². The zero-order valence-corrected chi connectivity index (χ0v) is 15.2. The standard InChI is InChI=1S/C19H20N6O2/c1-11(2)14-9-15(24-23-14)19(27)25-8-6-12-16(10-25)21-17(22-18(12)26)13-5-3-4-7-20-13/h3-5,7,9,11H,6,8,10H2,1-2H3,(H,23,24)(H,21,22,26). The van der Waals surface area contributed by atoms with E-state index in [1.807, 2.05) is 19.9 Å². The van der Waals surface area contributed by atoms with Crippen LogP contribution in [0, 0.1) is 0 Å². The van der Waals surface area contributed by atoms with Crippen LogP contribution in [0.4, 0.5) is 0 Å². The Labute approximate surface area is 155 Å². The van der Waals surface area contributed by atoms with Gasteiger partial charge in [0.1, 0.15) is 11.4 Å². The molecule has 3 aromatic heterocycles. The summed E-state index contributed by atoms with van der Waals surface area (Å²) in [5, 5.41) is 7.04. The summed E-state index contributed by atoms with van der Waals surface area (Å²) in [4.78, 5) is 38.5. The molecule has 2 N–H and O–H groups in total. The van der Waals surface area contributed by atoms with Crippen LogP contribution in [0.25, 0.3) is 11.5 Å². The number of pyridine rings is 1. The molecule has 1 aliphatic heterocycles. The molecule has 0 saturated carbocycles. The number of nitrogens with zero attached hydrogens (tertiary/aromatic N) is 4. The molecule has 3 aromatic rings. The second kappa shape index (κ2) is 6.79. The molecular formula is C19H20N6O2. The van der Waals surface area contributed by atoms with Gasteiger partial charge in [-0.05, 0) is 30.5 Å². The first-order chi connectivity index (χ1) is 13.0. The van der Waals surface area contributed by atoms with Crippen LogP contribution in [0.3, 0.4) is 0 Å². The molecule has 1 amide bonds. The van der Waals surface area contributed by atoms with Crippen LogP contribution in [0.5, 0.6) is 0 Å². The normalized spacial score (nSPS) is 13.7. The molecular weight excluding hydrogens is 344 g/mol. The average Bonchev–Trinajstić information content (AvgIpc) is 3.18. The molecule has 27 heavy (non-hydrogen) atoms. The van der Waals surface area contributed by atoms with Crippen molar-refractivity contribution in [1.29, 1.82) is 0 Å². The number of aromatic amines is 2. The third-order valence-corrected chi connectivity index (χ3v) is 4.71. The lowest BCUT2D eigenvalue weighted by Crippen LogP contribution is -2.39. The molecule has 0 atom stereocenters. The average molecular weight is 364 g/mol. The SMILES string of the molecule is CC(C)c1cc(C(=O)N2CCc3c(nc(-c4ccccn4)[nH]c3=O)C2)n[nH]1. The highest BCUT2D eigenvalue weighted by molar-refractivity contribution is 5.92. The van der Waals surface area contributed by atoms with E-state index in [4.69, 9.17) is 0 Å². The molecule has 0 radical (unpaired) electrons. The summed E-state index contributed by atoms with van der Waals surface area (Å²) in [6, 6.07) is 7.21. The molecule has 8 heteroatoms. The number of carbonyl (C=O) groups excluding carboxylic acids is 1.